The predicted octanol–water partition coefficient (Wildman–Crippen LogP) is 9.18. The van der Waals surface area contributed by atoms with Crippen LogP contribution in [0.15, 0.2) is 66.7 Å². The van der Waals surface area contributed by atoms with Gasteiger partial charge in [-0.1, -0.05) is 95.2 Å². The van der Waals surface area contributed by atoms with Crippen LogP contribution in [0, 0.1) is 5.82 Å². The van der Waals surface area contributed by atoms with Crippen molar-refractivity contribution in [3.63, 3.8) is 0 Å². The number of hydrogen-bond donors (Lipinski definition) is 0. The van der Waals surface area contributed by atoms with E-state index in [0.717, 1.165) is 54.5 Å². The van der Waals surface area contributed by atoms with Gasteiger partial charge in [-0.3, -0.25) is 0 Å². The number of hydrogen-bond acceptors (Lipinski definition) is 3. The molecular weight excluding hydrogens is 451 g/mol. The van der Waals surface area contributed by atoms with Crippen LogP contribution in [0.25, 0.3) is 11.1 Å². The highest BCUT2D eigenvalue weighted by Gasteiger charge is 2.17. The lowest BCUT2D eigenvalue weighted by atomic mass is 9.99. The average Bonchev–Trinajstić information content (AvgIpc) is 2.90. The van der Waals surface area contributed by atoms with Crippen LogP contribution >= 0.6 is 0 Å². The maximum atomic E-state index is 14.6. The normalized spacial score (nSPS) is 10.9. The van der Waals surface area contributed by atoms with Gasteiger partial charge in [0.05, 0.1) is 12.2 Å². The van der Waals surface area contributed by atoms with Crippen LogP contribution in [0.4, 0.5) is 4.39 Å². The van der Waals surface area contributed by atoms with Gasteiger partial charge in [-0.25, -0.2) is 9.18 Å². The third-order valence-electron chi connectivity index (χ3n) is 6.35. The van der Waals surface area contributed by atoms with E-state index in [9.17, 15) is 9.18 Å². The number of esters is 1. The number of ether oxygens (including phenoxy) is 2. The van der Waals surface area contributed by atoms with Crippen LogP contribution < -0.4 is 9.47 Å². The van der Waals surface area contributed by atoms with Crippen LogP contribution in [0.5, 0.6) is 11.5 Å². The van der Waals surface area contributed by atoms with Gasteiger partial charge in [-0.2, -0.15) is 0 Å². The molecule has 3 nitrogen and oxygen atoms in total. The lowest BCUT2D eigenvalue weighted by Gasteiger charge is -2.12. The minimum atomic E-state index is -0.577. The van der Waals surface area contributed by atoms with E-state index < -0.39 is 11.8 Å². The second-order valence-corrected chi connectivity index (χ2v) is 9.30. The SMILES string of the molecule is CCCCCCCCOc1ccc(-c2ccccc2C(=O)Oc2ccc(CCCCC)cc2F)cc1. The van der Waals surface area contributed by atoms with Gasteiger partial charge in [0, 0.05) is 0 Å². The molecule has 0 aliphatic heterocycles. The number of carbonyl (C=O) groups excluding carboxylic acids is 1. The summed E-state index contributed by atoms with van der Waals surface area (Å²) in [5.74, 6) is -0.325. The van der Waals surface area contributed by atoms with E-state index in [1.807, 2.05) is 42.5 Å². The quantitative estimate of drug-likeness (QED) is 0.121. The fraction of sp³-hybridized carbons (Fsp3) is 0.406. The first-order chi connectivity index (χ1) is 17.6. The van der Waals surface area contributed by atoms with E-state index in [1.54, 1.807) is 18.2 Å². The first kappa shape index (κ1) is 27.4. The molecule has 3 aromatic carbocycles. The van der Waals surface area contributed by atoms with Gasteiger partial charge in [-0.15, -0.1) is 0 Å². The zero-order valence-electron chi connectivity index (χ0n) is 21.7. The smallest absolute Gasteiger partial charge is 0.344 e. The zero-order valence-corrected chi connectivity index (χ0v) is 21.7. The van der Waals surface area contributed by atoms with E-state index in [1.165, 1.54) is 38.2 Å². The van der Waals surface area contributed by atoms with Crippen molar-refractivity contribution in [2.75, 3.05) is 6.61 Å². The van der Waals surface area contributed by atoms with Crippen molar-refractivity contribution in [1.29, 1.82) is 0 Å². The molecule has 0 atom stereocenters. The molecule has 0 aliphatic carbocycles. The summed E-state index contributed by atoms with van der Waals surface area (Å²) in [5, 5.41) is 0. The molecule has 0 fully saturated rings. The van der Waals surface area contributed by atoms with Crippen molar-refractivity contribution in [1.82, 2.24) is 0 Å². The fourth-order valence-corrected chi connectivity index (χ4v) is 4.23. The van der Waals surface area contributed by atoms with Crippen molar-refractivity contribution >= 4 is 5.97 Å². The molecule has 0 aromatic heterocycles. The van der Waals surface area contributed by atoms with E-state index in [0.29, 0.717) is 12.2 Å². The Kier molecular flexibility index (Phi) is 11.5. The summed E-state index contributed by atoms with van der Waals surface area (Å²) in [7, 11) is 0. The van der Waals surface area contributed by atoms with Gasteiger partial charge in [0.15, 0.2) is 11.6 Å². The maximum Gasteiger partial charge on any atom is 0.344 e. The predicted molar refractivity (Wildman–Crippen MR) is 145 cm³/mol. The van der Waals surface area contributed by atoms with Crippen LogP contribution in [0.1, 0.15) is 87.6 Å². The van der Waals surface area contributed by atoms with E-state index in [4.69, 9.17) is 9.47 Å². The summed E-state index contributed by atoms with van der Waals surface area (Å²) >= 11 is 0. The number of carbonyl (C=O) groups is 1. The lowest BCUT2D eigenvalue weighted by Crippen LogP contribution is -2.11. The molecule has 3 rings (SSSR count). The number of halogens is 1. The van der Waals surface area contributed by atoms with Gasteiger partial charge in [0.1, 0.15) is 5.75 Å². The molecule has 0 amide bonds. The van der Waals surface area contributed by atoms with Crippen molar-refractivity contribution < 1.29 is 18.7 Å². The molecule has 3 aromatic rings. The van der Waals surface area contributed by atoms with Gasteiger partial charge in [0.2, 0.25) is 0 Å². The first-order valence-electron chi connectivity index (χ1n) is 13.4. The Morgan fingerprint density at radius 2 is 1.47 bits per heavy atom. The third kappa shape index (κ3) is 8.51. The molecule has 36 heavy (non-hydrogen) atoms. The van der Waals surface area contributed by atoms with Crippen molar-refractivity contribution in [2.24, 2.45) is 0 Å². The lowest BCUT2D eigenvalue weighted by molar-refractivity contribution is 0.0728. The van der Waals surface area contributed by atoms with Crippen LogP contribution in [0.3, 0.4) is 0 Å². The minimum absolute atomic E-state index is 0.0486. The Morgan fingerprint density at radius 1 is 0.778 bits per heavy atom. The summed E-state index contributed by atoms with van der Waals surface area (Å²) < 4.78 is 26.0. The summed E-state index contributed by atoms with van der Waals surface area (Å²) in [4.78, 5) is 13.0. The largest absolute Gasteiger partial charge is 0.494 e. The Hall–Kier alpha value is -3.14. The fourth-order valence-electron chi connectivity index (χ4n) is 4.23. The van der Waals surface area contributed by atoms with Gasteiger partial charge in [0.25, 0.3) is 0 Å². The van der Waals surface area contributed by atoms with Crippen molar-refractivity contribution in [3.05, 3.63) is 83.7 Å². The highest BCUT2D eigenvalue weighted by Crippen LogP contribution is 2.28. The maximum absolute atomic E-state index is 14.6. The van der Waals surface area contributed by atoms with Crippen LogP contribution in [-0.2, 0) is 6.42 Å². The van der Waals surface area contributed by atoms with Gasteiger partial charge < -0.3 is 9.47 Å². The molecule has 0 unspecified atom stereocenters. The average molecular weight is 491 g/mol. The number of aryl methyl sites for hydroxylation is 1. The van der Waals surface area contributed by atoms with Crippen molar-refractivity contribution in [3.8, 4) is 22.6 Å². The molecule has 0 N–H and O–H groups in total. The third-order valence-corrected chi connectivity index (χ3v) is 6.35. The number of unbranched alkanes of at least 4 members (excludes halogenated alkanes) is 7. The molecule has 0 saturated carbocycles. The molecule has 192 valence electrons. The van der Waals surface area contributed by atoms with Gasteiger partial charge in [-0.05, 0) is 66.3 Å². The Bertz CT molecular complexity index is 1080. The molecular formula is C32H39FO3. The zero-order chi connectivity index (χ0) is 25.6. The molecule has 0 saturated heterocycles. The number of rotatable bonds is 15. The van der Waals surface area contributed by atoms with E-state index >= 15 is 0 Å². The Balaban J connectivity index is 1.60. The second-order valence-electron chi connectivity index (χ2n) is 9.30. The standard InChI is InChI=1S/C32H39FO3/c1-3-5-7-8-9-13-23-35-27-20-18-26(19-21-27)28-15-11-12-16-29(28)32(34)36-31-22-17-25(24-30(31)33)14-10-6-4-2/h11-12,15-22,24H,3-10,13-14,23H2,1-2H3. The Morgan fingerprint density at radius 3 is 2.22 bits per heavy atom. The second kappa shape index (κ2) is 15.1. The minimum Gasteiger partial charge on any atom is -0.494 e. The highest BCUT2D eigenvalue weighted by atomic mass is 19.1. The molecule has 0 bridgehead atoms. The summed E-state index contributed by atoms with van der Waals surface area (Å²) in [6.45, 7) is 5.07. The summed E-state index contributed by atoms with van der Waals surface area (Å²) in [6, 6.07) is 19.8. The molecule has 0 radical (unpaired) electrons. The molecule has 0 heterocycles. The van der Waals surface area contributed by atoms with Gasteiger partial charge >= 0.3 is 5.97 Å². The van der Waals surface area contributed by atoms with Crippen LogP contribution in [0.2, 0.25) is 0 Å². The van der Waals surface area contributed by atoms with E-state index in [2.05, 4.69) is 13.8 Å². The highest BCUT2D eigenvalue weighted by molar-refractivity contribution is 5.98. The molecule has 4 heteroatoms. The summed E-state index contributed by atoms with van der Waals surface area (Å²) in [6.07, 6.45) is 11.4. The molecule has 0 aliphatic rings. The first-order valence-corrected chi connectivity index (χ1v) is 13.4. The Labute approximate surface area is 215 Å². The number of benzene rings is 3. The topological polar surface area (TPSA) is 35.5 Å². The van der Waals surface area contributed by atoms with E-state index in [-0.39, 0.29) is 5.75 Å². The summed E-state index contributed by atoms with van der Waals surface area (Å²) in [5.41, 5.74) is 2.92. The molecule has 0 spiro atoms. The van der Waals surface area contributed by atoms with Crippen molar-refractivity contribution in [2.45, 2.75) is 78.1 Å². The van der Waals surface area contributed by atoms with Crippen LogP contribution in [-0.4, -0.2) is 12.6 Å². The monoisotopic (exact) mass is 490 g/mol.